The van der Waals surface area contributed by atoms with Gasteiger partial charge in [0.25, 0.3) is 0 Å². The number of aryl methyl sites for hydroxylation is 1. The van der Waals surface area contributed by atoms with Crippen molar-refractivity contribution in [1.82, 2.24) is 5.32 Å². The van der Waals surface area contributed by atoms with Crippen molar-refractivity contribution >= 4 is 11.8 Å². The van der Waals surface area contributed by atoms with Crippen molar-refractivity contribution in [2.24, 2.45) is 0 Å². The summed E-state index contributed by atoms with van der Waals surface area (Å²) in [7, 11) is 2.05. The van der Waals surface area contributed by atoms with Crippen LogP contribution in [0.3, 0.4) is 0 Å². The van der Waals surface area contributed by atoms with Gasteiger partial charge in [-0.05, 0) is 67.6 Å². The van der Waals surface area contributed by atoms with Crippen molar-refractivity contribution in [3.63, 3.8) is 0 Å². The van der Waals surface area contributed by atoms with Gasteiger partial charge in [0.05, 0.1) is 0 Å². The molecular weight excluding hydrogens is 262 g/mol. The van der Waals surface area contributed by atoms with Crippen LogP contribution >= 0.6 is 11.8 Å². The van der Waals surface area contributed by atoms with Crippen LogP contribution in [0.1, 0.15) is 29.9 Å². The molecule has 20 heavy (non-hydrogen) atoms. The van der Waals surface area contributed by atoms with Crippen LogP contribution in [-0.2, 0) is 6.42 Å². The van der Waals surface area contributed by atoms with E-state index >= 15 is 0 Å². The third-order valence-corrected chi connectivity index (χ3v) is 4.98. The molecule has 0 unspecified atom stereocenters. The van der Waals surface area contributed by atoms with E-state index in [2.05, 4.69) is 53.8 Å². The smallest absolute Gasteiger partial charge is 0.0125 e. The number of rotatable bonds is 4. The molecule has 1 aliphatic carbocycles. The molecule has 1 nitrogen and oxygen atoms in total. The van der Waals surface area contributed by atoms with Crippen LogP contribution in [0.25, 0.3) is 0 Å². The summed E-state index contributed by atoms with van der Waals surface area (Å²) in [5.41, 5.74) is 3.11. The SMILES string of the molecule is CNC[C@@H]1CCCc2cc(Sc3ccccc3)ccc21. The van der Waals surface area contributed by atoms with E-state index < -0.39 is 0 Å². The highest BCUT2D eigenvalue weighted by atomic mass is 32.2. The molecule has 0 radical (unpaired) electrons. The lowest BCUT2D eigenvalue weighted by atomic mass is 9.83. The van der Waals surface area contributed by atoms with Crippen LogP contribution in [0.4, 0.5) is 0 Å². The molecule has 1 atom stereocenters. The summed E-state index contributed by atoms with van der Waals surface area (Å²) in [5.74, 6) is 0.694. The van der Waals surface area contributed by atoms with Crippen LogP contribution < -0.4 is 5.32 Å². The first kappa shape index (κ1) is 13.7. The van der Waals surface area contributed by atoms with Gasteiger partial charge in [-0.1, -0.05) is 36.0 Å². The molecule has 3 rings (SSSR count). The van der Waals surface area contributed by atoms with Crippen LogP contribution in [0, 0.1) is 0 Å². The number of hydrogen-bond donors (Lipinski definition) is 1. The van der Waals surface area contributed by atoms with E-state index in [0.717, 1.165) is 6.54 Å². The summed E-state index contributed by atoms with van der Waals surface area (Å²) >= 11 is 1.86. The van der Waals surface area contributed by atoms with Gasteiger partial charge in [-0.2, -0.15) is 0 Å². The Morgan fingerprint density at radius 3 is 2.75 bits per heavy atom. The second-order valence-corrected chi connectivity index (χ2v) is 6.57. The fourth-order valence-corrected chi connectivity index (χ4v) is 3.94. The minimum Gasteiger partial charge on any atom is -0.319 e. The van der Waals surface area contributed by atoms with Crippen LogP contribution in [0.2, 0.25) is 0 Å². The van der Waals surface area contributed by atoms with Crippen molar-refractivity contribution in [2.45, 2.75) is 35.0 Å². The van der Waals surface area contributed by atoms with Gasteiger partial charge in [-0.3, -0.25) is 0 Å². The average Bonchev–Trinajstić information content (AvgIpc) is 2.49. The summed E-state index contributed by atoms with van der Waals surface area (Å²) in [5, 5.41) is 3.33. The standard InChI is InChI=1S/C18H21NS/c1-19-13-15-7-5-6-14-12-17(10-11-18(14)15)20-16-8-3-2-4-9-16/h2-4,8-12,15,19H,5-7,13H2,1H3/t15-/m0/s1. The molecular formula is C18H21NS. The highest BCUT2D eigenvalue weighted by molar-refractivity contribution is 7.99. The van der Waals surface area contributed by atoms with E-state index in [4.69, 9.17) is 0 Å². The van der Waals surface area contributed by atoms with Gasteiger partial charge in [-0.15, -0.1) is 0 Å². The molecule has 2 aromatic carbocycles. The Morgan fingerprint density at radius 2 is 1.95 bits per heavy atom. The number of likely N-dealkylation sites (N-methyl/N-ethyl adjacent to an activating group) is 1. The fraction of sp³-hybridized carbons (Fsp3) is 0.333. The molecule has 0 fully saturated rings. The Balaban J connectivity index is 1.82. The molecule has 0 aliphatic heterocycles. The zero-order valence-corrected chi connectivity index (χ0v) is 12.7. The first-order chi connectivity index (χ1) is 9.86. The Bertz CT molecular complexity index is 565. The second kappa shape index (κ2) is 6.47. The predicted molar refractivity (Wildman–Crippen MR) is 86.6 cm³/mol. The molecule has 0 heterocycles. The first-order valence-electron chi connectivity index (χ1n) is 7.37. The van der Waals surface area contributed by atoms with E-state index in [0.29, 0.717) is 5.92 Å². The average molecular weight is 283 g/mol. The monoisotopic (exact) mass is 283 g/mol. The minimum atomic E-state index is 0.694. The summed E-state index contributed by atoms with van der Waals surface area (Å²) in [6.45, 7) is 1.10. The second-order valence-electron chi connectivity index (χ2n) is 5.42. The van der Waals surface area contributed by atoms with Crippen molar-refractivity contribution in [2.75, 3.05) is 13.6 Å². The summed E-state index contributed by atoms with van der Waals surface area (Å²) < 4.78 is 0. The van der Waals surface area contributed by atoms with E-state index in [1.54, 1.807) is 11.1 Å². The maximum atomic E-state index is 3.33. The van der Waals surface area contributed by atoms with Crippen LogP contribution in [0.5, 0.6) is 0 Å². The van der Waals surface area contributed by atoms with Crippen LogP contribution in [-0.4, -0.2) is 13.6 Å². The molecule has 0 spiro atoms. The van der Waals surface area contributed by atoms with Gasteiger partial charge >= 0.3 is 0 Å². The molecule has 0 saturated heterocycles. The molecule has 0 aromatic heterocycles. The van der Waals surface area contributed by atoms with E-state index in [1.165, 1.54) is 29.1 Å². The molecule has 1 aliphatic rings. The Hall–Kier alpha value is -1.25. The van der Waals surface area contributed by atoms with Gasteiger partial charge in [0.1, 0.15) is 0 Å². The predicted octanol–water partition coefficient (Wildman–Crippen LogP) is 4.48. The third kappa shape index (κ3) is 3.08. The first-order valence-corrected chi connectivity index (χ1v) is 8.19. The maximum absolute atomic E-state index is 3.33. The van der Waals surface area contributed by atoms with Crippen molar-refractivity contribution in [3.8, 4) is 0 Å². The number of fused-ring (bicyclic) bond motifs is 1. The van der Waals surface area contributed by atoms with Crippen molar-refractivity contribution in [3.05, 3.63) is 59.7 Å². The molecule has 104 valence electrons. The highest BCUT2D eigenvalue weighted by Crippen LogP contribution is 2.35. The zero-order chi connectivity index (χ0) is 13.8. The number of benzene rings is 2. The van der Waals surface area contributed by atoms with Gasteiger partial charge < -0.3 is 5.32 Å². The lowest BCUT2D eigenvalue weighted by Gasteiger charge is -2.25. The maximum Gasteiger partial charge on any atom is 0.0125 e. The Morgan fingerprint density at radius 1 is 1.10 bits per heavy atom. The molecule has 0 saturated carbocycles. The normalized spacial score (nSPS) is 17.8. The van der Waals surface area contributed by atoms with Crippen molar-refractivity contribution < 1.29 is 0 Å². The molecule has 0 bridgehead atoms. The number of hydrogen-bond acceptors (Lipinski definition) is 2. The zero-order valence-electron chi connectivity index (χ0n) is 11.9. The number of nitrogens with one attached hydrogen (secondary N) is 1. The minimum absolute atomic E-state index is 0.694. The summed E-state index contributed by atoms with van der Waals surface area (Å²) in [6, 6.07) is 17.6. The largest absolute Gasteiger partial charge is 0.319 e. The molecule has 0 amide bonds. The third-order valence-electron chi connectivity index (χ3n) is 3.98. The van der Waals surface area contributed by atoms with Gasteiger partial charge in [0.15, 0.2) is 0 Å². The lowest BCUT2D eigenvalue weighted by molar-refractivity contribution is 0.528. The Kier molecular flexibility index (Phi) is 4.44. The van der Waals surface area contributed by atoms with E-state index in [-0.39, 0.29) is 0 Å². The highest BCUT2D eigenvalue weighted by Gasteiger charge is 2.19. The topological polar surface area (TPSA) is 12.0 Å². The molecule has 2 heteroatoms. The van der Waals surface area contributed by atoms with E-state index in [9.17, 15) is 0 Å². The fourth-order valence-electron chi connectivity index (χ4n) is 3.04. The lowest BCUT2D eigenvalue weighted by Crippen LogP contribution is -2.21. The van der Waals surface area contributed by atoms with Gasteiger partial charge in [0.2, 0.25) is 0 Å². The van der Waals surface area contributed by atoms with Crippen molar-refractivity contribution in [1.29, 1.82) is 0 Å². The summed E-state index contributed by atoms with van der Waals surface area (Å²) in [4.78, 5) is 2.68. The van der Waals surface area contributed by atoms with Gasteiger partial charge in [-0.25, -0.2) is 0 Å². The van der Waals surface area contributed by atoms with Gasteiger partial charge in [0, 0.05) is 16.3 Å². The van der Waals surface area contributed by atoms with Crippen LogP contribution in [0.15, 0.2) is 58.3 Å². The molecule has 1 N–H and O–H groups in total. The summed E-state index contributed by atoms with van der Waals surface area (Å²) in [6.07, 6.45) is 3.87. The van der Waals surface area contributed by atoms with E-state index in [1.807, 2.05) is 18.8 Å². The quantitative estimate of drug-likeness (QED) is 0.888. The molecule has 2 aromatic rings. The Labute approximate surface area is 125 Å².